The number of amides is 1. The van der Waals surface area contributed by atoms with E-state index in [4.69, 9.17) is 9.47 Å². The summed E-state index contributed by atoms with van der Waals surface area (Å²) in [6, 6.07) is 9.57. The molecule has 1 saturated heterocycles. The Bertz CT molecular complexity index is 391. The molecule has 1 aromatic carbocycles. The van der Waals surface area contributed by atoms with E-state index in [1.165, 1.54) is 0 Å². The van der Waals surface area contributed by atoms with Crippen molar-refractivity contribution >= 4 is 5.91 Å². The molecule has 1 heterocycles. The second-order valence-electron chi connectivity index (χ2n) is 4.55. The second-order valence-corrected chi connectivity index (χ2v) is 4.55. The number of rotatable bonds is 5. The molecule has 0 bridgehead atoms. The molecule has 5 heteroatoms. The van der Waals surface area contributed by atoms with Crippen LogP contribution in [0, 0.1) is 0 Å². The zero-order valence-electron chi connectivity index (χ0n) is 11.1. The molecule has 0 radical (unpaired) electrons. The number of carbonyl (C=O) groups excluding carboxylic acids is 1. The van der Waals surface area contributed by atoms with E-state index in [9.17, 15) is 4.79 Å². The zero-order chi connectivity index (χ0) is 13.5. The van der Waals surface area contributed by atoms with Crippen LogP contribution < -0.4 is 15.4 Å². The monoisotopic (exact) mass is 264 g/mol. The fraction of sp³-hybridized carbons (Fsp3) is 0.500. The number of para-hydroxylation sites is 1. The van der Waals surface area contributed by atoms with E-state index in [2.05, 4.69) is 10.6 Å². The van der Waals surface area contributed by atoms with Crippen LogP contribution in [0.15, 0.2) is 30.3 Å². The van der Waals surface area contributed by atoms with Gasteiger partial charge >= 0.3 is 0 Å². The van der Waals surface area contributed by atoms with Crippen LogP contribution in [0.5, 0.6) is 5.75 Å². The first kappa shape index (κ1) is 13.8. The predicted molar refractivity (Wildman–Crippen MR) is 72.2 cm³/mol. The van der Waals surface area contributed by atoms with Gasteiger partial charge in [0.1, 0.15) is 18.0 Å². The van der Waals surface area contributed by atoms with E-state index in [0.29, 0.717) is 19.7 Å². The van der Waals surface area contributed by atoms with Gasteiger partial charge in [0.25, 0.3) is 5.91 Å². The second kappa shape index (κ2) is 7.11. The molecule has 0 aromatic heterocycles. The summed E-state index contributed by atoms with van der Waals surface area (Å²) in [5.74, 6) is 0.718. The van der Waals surface area contributed by atoms with Gasteiger partial charge in [0.2, 0.25) is 0 Å². The van der Waals surface area contributed by atoms with Crippen molar-refractivity contribution in [1.82, 2.24) is 10.6 Å². The van der Waals surface area contributed by atoms with Crippen LogP contribution in [0.1, 0.15) is 6.92 Å². The molecule has 1 amide bonds. The van der Waals surface area contributed by atoms with Crippen molar-refractivity contribution in [3.63, 3.8) is 0 Å². The lowest BCUT2D eigenvalue weighted by atomic mass is 10.2. The molecule has 1 fully saturated rings. The molecule has 0 spiro atoms. The van der Waals surface area contributed by atoms with Gasteiger partial charge in [-0.1, -0.05) is 18.2 Å². The van der Waals surface area contributed by atoms with E-state index < -0.39 is 6.10 Å². The molecular formula is C14H20N2O3. The smallest absolute Gasteiger partial charge is 0.250 e. The third-order valence-corrected chi connectivity index (χ3v) is 2.86. The highest BCUT2D eigenvalue weighted by Gasteiger charge is 2.21. The summed E-state index contributed by atoms with van der Waals surface area (Å²) in [6.07, 6.45) is -0.472. The Morgan fingerprint density at radius 1 is 1.53 bits per heavy atom. The molecule has 1 aliphatic heterocycles. The molecule has 2 atom stereocenters. The summed E-state index contributed by atoms with van der Waals surface area (Å²) in [4.78, 5) is 11.8. The molecule has 0 aliphatic carbocycles. The number of hydrogen-bond acceptors (Lipinski definition) is 4. The van der Waals surface area contributed by atoms with Crippen molar-refractivity contribution in [1.29, 1.82) is 0 Å². The van der Waals surface area contributed by atoms with Crippen LogP contribution in [-0.2, 0) is 9.53 Å². The zero-order valence-corrected chi connectivity index (χ0v) is 11.1. The SMILES string of the molecule is CC(CNC(=O)C1CNCCO1)Oc1ccccc1. The van der Waals surface area contributed by atoms with E-state index >= 15 is 0 Å². The molecule has 1 aromatic rings. The van der Waals surface area contributed by atoms with Crippen LogP contribution in [0.4, 0.5) is 0 Å². The van der Waals surface area contributed by atoms with Gasteiger partial charge in [-0.2, -0.15) is 0 Å². The third-order valence-electron chi connectivity index (χ3n) is 2.86. The predicted octanol–water partition coefficient (Wildman–Crippen LogP) is 0.559. The summed E-state index contributed by atoms with van der Waals surface area (Å²) in [5, 5.41) is 5.97. The number of nitrogens with one attached hydrogen (secondary N) is 2. The fourth-order valence-electron chi connectivity index (χ4n) is 1.87. The highest BCUT2D eigenvalue weighted by molar-refractivity contribution is 5.81. The molecule has 5 nitrogen and oxygen atoms in total. The van der Waals surface area contributed by atoms with Gasteiger partial charge < -0.3 is 20.1 Å². The van der Waals surface area contributed by atoms with Crippen LogP contribution in [-0.4, -0.2) is 44.4 Å². The van der Waals surface area contributed by atoms with Crippen molar-refractivity contribution in [2.24, 2.45) is 0 Å². The number of carbonyl (C=O) groups is 1. The van der Waals surface area contributed by atoms with Crippen molar-refractivity contribution in [2.75, 3.05) is 26.2 Å². The van der Waals surface area contributed by atoms with Crippen LogP contribution in [0.3, 0.4) is 0 Å². The minimum Gasteiger partial charge on any atom is -0.489 e. The fourth-order valence-corrected chi connectivity index (χ4v) is 1.87. The molecule has 2 unspecified atom stereocenters. The average molecular weight is 264 g/mol. The lowest BCUT2D eigenvalue weighted by Crippen LogP contribution is -2.49. The quantitative estimate of drug-likeness (QED) is 0.816. The van der Waals surface area contributed by atoms with Gasteiger partial charge in [-0.05, 0) is 19.1 Å². The molecule has 19 heavy (non-hydrogen) atoms. The third kappa shape index (κ3) is 4.54. The highest BCUT2D eigenvalue weighted by atomic mass is 16.5. The lowest BCUT2D eigenvalue weighted by molar-refractivity contribution is -0.134. The van der Waals surface area contributed by atoms with Gasteiger partial charge in [0.15, 0.2) is 0 Å². The molecule has 2 rings (SSSR count). The molecular weight excluding hydrogens is 244 g/mol. The van der Waals surface area contributed by atoms with Crippen molar-refractivity contribution in [3.05, 3.63) is 30.3 Å². The Hall–Kier alpha value is -1.59. The standard InChI is InChI=1S/C14H20N2O3/c1-11(19-12-5-3-2-4-6-12)9-16-14(17)13-10-15-7-8-18-13/h2-6,11,13,15H,7-10H2,1H3,(H,16,17). The van der Waals surface area contributed by atoms with Crippen LogP contribution in [0.2, 0.25) is 0 Å². The Balaban J connectivity index is 1.71. The van der Waals surface area contributed by atoms with Crippen molar-refractivity contribution in [3.8, 4) is 5.75 Å². The Morgan fingerprint density at radius 3 is 3.00 bits per heavy atom. The minimum atomic E-state index is -0.391. The van der Waals surface area contributed by atoms with E-state index in [1.54, 1.807) is 0 Å². The number of hydrogen-bond donors (Lipinski definition) is 2. The normalized spacial score (nSPS) is 20.6. The van der Waals surface area contributed by atoms with Crippen LogP contribution in [0.25, 0.3) is 0 Å². The average Bonchev–Trinajstić information content (AvgIpc) is 2.47. The summed E-state index contributed by atoms with van der Waals surface area (Å²) < 4.78 is 11.1. The maximum absolute atomic E-state index is 11.8. The summed E-state index contributed by atoms with van der Waals surface area (Å²) in [5.41, 5.74) is 0. The van der Waals surface area contributed by atoms with Crippen molar-refractivity contribution < 1.29 is 14.3 Å². The summed E-state index contributed by atoms with van der Waals surface area (Å²) in [6.45, 7) is 4.34. The Labute approximate surface area is 113 Å². The number of benzene rings is 1. The van der Waals surface area contributed by atoms with Crippen LogP contribution >= 0.6 is 0 Å². The Morgan fingerprint density at radius 2 is 2.32 bits per heavy atom. The summed E-state index contributed by atoms with van der Waals surface area (Å²) in [7, 11) is 0. The Kier molecular flexibility index (Phi) is 5.18. The maximum Gasteiger partial charge on any atom is 0.250 e. The van der Waals surface area contributed by atoms with Gasteiger partial charge in [-0.15, -0.1) is 0 Å². The highest BCUT2D eigenvalue weighted by Crippen LogP contribution is 2.10. The number of morpholine rings is 1. The summed E-state index contributed by atoms with van der Waals surface area (Å²) >= 11 is 0. The molecule has 2 N–H and O–H groups in total. The first-order valence-electron chi connectivity index (χ1n) is 6.57. The topological polar surface area (TPSA) is 59.6 Å². The first-order valence-corrected chi connectivity index (χ1v) is 6.57. The first-order chi connectivity index (χ1) is 9.25. The van der Waals surface area contributed by atoms with Gasteiger partial charge in [0, 0.05) is 13.1 Å². The molecule has 1 aliphatic rings. The minimum absolute atomic E-state index is 0.0806. The van der Waals surface area contributed by atoms with Gasteiger partial charge in [0.05, 0.1) is 13.2 Å². The largest absolute Gasteiger partial charge is 0.489 e. The van der Waals surface area contributed by atoms with Gasteiger partial charge in [-0.25, -0.2) is 0 Å². The number of ether oxygens (including phenoxy) is 2. The molecule has 104 valence electrons. The maximum atomic E-state index is 11.8. The van der Waals surface area contributed by atoms with Gasteiger partial charge in [-0.3, -0.25) is 4.79 Å². The van der Waals surface area contributed by atoms with E-state index in [1.807, 2.05) is 37.3 Å². The molecule has 0 saturated carbocycles. The van der Waals surface area contributed by atoms with Crippen molar-refractivity contribution in [2.45, 2.75) is 19.1 Å². The van der Waals surface area contributed by atoms with E-state index in [0.717, 1.165) is 12.3 Å². The lowest BCUT2D eigenvalue weighted by Gasteiger charge is -2.23. The van der Waals surface area contributed by atoms with E-state index in [-0.39, 0.29) is 12.0 Å².